The Morgan fingerprint density at radius 3 is 2.38 bits per heavy atom. The van der Waals surface area contributed by atoms with Crippen molar-refractivity contribution >= 4 is 5.78 Å². The molecule has 148 valence electrons. The van der Waals surface area contributed by atoms with Gasteiger partial charge in [0.25, 0.3) is 0 Å². The standard InChI is InChI=1S/C23H38O3/c1-14(24)20-19(26-5)12-18-16-7-6-15-13-21(2,25)10-11-22(15,3)17(16)8-9-23(18,20)4/h15-20,25H,6-13H2,1-5H3/t15-,16+,17-,18-,19+,20?,21+,22-,23-/m0/s1. The van der Waals surface area contributed by atoms with Gasteiger partial charge >= 0.3 is 0 Å². The molecule has 0 radical (unpaired) electrons. The van der Waals surface area contributed by atoms with Crippen LogP contribution in [0.4, 0.5) is 0 Å². The van der Waals surface area contributed by atoms with Gasteiger partial charge in [-0.15, -0.1) is 0 Å². The zero-order valence-electron chi connectivity index (χ0n) is 17.4. The van der Waals surface area contributed by atoms with E-state index in [2.05, 4.69) is 13.8 Å². The zero-order valence-corrected chi connectivity index (χ0v) is 17.4. The molecule has 4 fully saturated rings. The van der Waals surface area contributed by atoms with Crippen LogP contribution in [0, 0.1) is 40.4 Å². The van der Waals surface area contributed by atoms with Crippen molar-refractivity contribution in [1.29, 1.82) is 0 Å². The van der Waals surface area contributed by atoms with Gasteiger partial charge in [0.05, 0.1) is 11.7 Å². The van der Waals surface area contributed by atoms with Crippen LogP contribution in [-0.4, -0.2) is 29.7 Å². The molecule has 1 N–H and O–H groups in total. The van der Waals surface area contributed by atoms with E-state index in [9.17, 15) is 9.90 Å². The molecular formula is C23H38O3. The molecule has 1 unspecified atom stereocenters. The van der Waals surface area contributed by atoms with Crippen LogP contribution in [0.25, 0.3) is 0 Å². The summed E-state index contributed by atoms with van der Waals surface area (Å²) in [7, 11) is 1.79. The zero-order chi connectivity index (χ0) is 18.9. The van der Waals surface area contributed by atoms with Gasteiger partial charge in [-0.1, -0.05) is 13.8 Å². The third-order valence-corrected chi connectivity index (χ3v) is 9.70. The van der Waals surface area contributed by atoms with Crippen LogP contribution < -0.4 is 0 Å². The summed E-state index contributed by atoms with van der Waals surface area (Å²) < 4.78 is 5.83. The summed E-state index contributed by atoms with van der Waals surface area (Å²) >= 11 is 0. The highest BCUT2D eigenvalue weighted by Gasteiger charge is 2.63. The quantitative estimate of drug-likeness (QED) is 0.780. The van der Waals surface area contributed by atoms with Crippen molar-refractivity contribution in [2.45, 2.75) is 90.8 Å². The lowest BCUT2D eigenvalue weighted by Gasteiger charge is -2.61. The van der Waals surface area contributed by atoms with Crippen molar-refractivity contribution in [3.05, 3.63) is 0 Å². The van der Waals surface area contributed by atoms with Gasteiger partial charge in [0, 0.05) is 13.0 Å². The van der Waals surface area contributed by atoms with Gasteiger partial charge in [0.1, 0.15) is 5.78 Å². The number of carbonyl (C=O) groups excluding carboxylic acids is 1. The molecule has 4 aliphatic carbocycles. The molecule has 4 rings (SSSR count). The molecule has 0 spiro atoms. The van der Waals surface area contributed by atoms with Crippen molar-refractivity contribution < 1.29 is 14.6 Å². The number of ketones is 1. The lowest BCUT2D eigenvalue weighted by molar-refractivity contribution is -0.151. The average Bonchev–Trinajstić information content (AvgIpc) is 2.88. The van der Waals surface area contributed by atoms with E-state index in [1.807, 2.05) is 6.92 Å². The minimum atomic E-state index is -0.464. The number of hydrogen-bond acceptors (Lipinski definition) is 3. The lowest BCUT2D eigenvalue weighted by atomic mass is 9.44. The Labute approximate surface area is 159 Å². The number of Topliss-reactive ketones (excluding diaryl/α,β-unsaturated/α-hetero) is 1. The van der Waals surface area contributed by atoms with Gasteiger partial charge in [-0.3, -0.25) is 4.79 Å². The molecular weight excluding hydrogens is 324 g/mol. The summed E-state index contributed by atoms with van der Waals surface area (Å²) in [5, 5.41) is 10.6. The second-order valence-corrected chi connectivity index (χ2v) is 11.0. The van der Waals surface area contributed by atoms with Gasteiger partial charge in [0.15, 0.2) is 0 Å². The third kappa shape index (κ3) is 2.56. The molecule has 0 heterocycles. The smallest absolute Gasteiger partial charge is 0.136 e. The van der Waals surface area contributed by atoms with E-state index in [-0.39, 0.29) is 17.4 Å². The van der Waals surface area contributed by atoms with Crippen molar-refractivity contribution in [3.8, 4) is 0 Å². The number of carbonyl (C=O) groups is 1. The topological polar surface area (TPSA) is 46.5 Å². The highest BCUT2D eigenvalue weighted by molar-refractivity contribution is 5.80. The van der Waals surface area contributed by atoms with Crippen LogP contribution in [0.1, 0.15) is 79.1 Å². The van der Waals surface area contributed by atoms with Gasteiger partial charge in [-0.25, -0.2) is 0 Å². The van der Waals surface area contributed by atoms with E-state index in [1.54, 1.807) is 14.0 Å². The maximum atomic E-state index is 12.5. The Morgan fingerprint density at radius 1 is 1.00 bits per heavy atom. The molecule has 3 heteroatoms. The molecule has 0 bridgehead atoms. The molecule has 26 heavy (non-hydrogen) atoms. The summed E-state index contributed by atoms with van der Waals surface area (Å²) in [6.45, 7) is 8.72. The molecule has 4 saturated carbocycles. The summed E-state index contributed by atoms with van der Waals surface area (Å²) in [6, 6.07) is 0. The maximum Gasteiger partial charge on any atom is 0.136 e. The molecule has 9 atom stereocenters. The highest BCUT2D eigenvalue weighted by atomic mass is 16.5. The monoisotopic (exact) mass is 362 g/mol. The fraction of sp³-hybridized carbons (Fsp3) is 0.957. The second-order valence-electron chi connectivity index (χ2n) is 11.0. The summed E-state index contributed by atoms with van der Waals surface area (Å²) in [5.41, 5.74) is 0.0365. The van der Waals surface area contributed by atoms with Crippen LogP contribution in [0.2, 0.25) is 0 Å². The van der Waals surface area contributed by atoms with Crippen LogP contribution in [0.3, 0.4) is 0 Å². The maximum absolute atomic E-state index is 12.5. The number of methoxy groups -OCH3 is 1. The van der Waals surface area contributed by atoms with E-state index >= 15 is 0 Å². The van der Waals surface area contributed by atoms with Gasteiger partial charge in [-0.2, -0.15) is 0 Å². The van der Waals surface area contributed by atoms with Crippen molar-refractivity contribution in [1.82, 2.24) is 0 Å². The van der Waals surface area contributed by atoms with Crippen molar-refractivity contribution in [2.24, 2.45) is 40.4 Å². The SMILES string of the molecule is CO[C@@H]1C[C@H]2[C@@H]3CC[C@H]4C[C@](C)(O)CC[C@]4(C)[C@H]3CC[C@]2(C)C1C(C)=O. The Balaban J connectivity index is 1.63. The van der Waals surface area contributed by atoms with Gasteiger partial charge in [0.2, 0.25) is 0 Å². The van der Waals surface area contributed by atoms with E-state index in [4.69, 9.17) is 4.74 Å². The van der Waals surface area contributed by atoms with E-state index in [1.165, 1.54) is 32.1 Å². The Bertz CT molecular complexity index is 584. The number of hydrogen-bond donors (Lipinski definition) is 1. The Morgan fingerprint density at radius 2 is 1.73 bits per heavy atom. The number of rotatable bonds is 2. The van der Waals surface area contributed by atoms with E-state index in [0.717, 1.165) is 31.1 Å². The fourth-order valence-corrected chi connectivity index (χ4v) is 8.38. The van der Waals surface area contributed by atoms with E-state index in [0.29, 0.717) is 23.0 Å². The number of ether oxygens (including phenoxy) is 1. The van der Waals surface area contributed by atoms with Gasteiger partial charge < -0.3 is 9.84 Å². The summed E-state index contributed by atoms with van der Waals surface area (Å²) in [4.78, 5) is 12.5. The van der Waals surface area contributed by atoms with Gasteiger partial charge in [-0.05, 0) is 99.7 Å². The first kappa shape index (κ1) is 18.9. The normalized spacial score (nSPS) is 56.4. The van der Waals surface area contributed by atoms with Crippen LogP contribution in [0.15, 0.2) is 0 Å². The molecule has 0 saturated heterocycles. The number of aliphatic hydroxyl groups is 1. The van der Waals surface area contributed by atoms with Crippen molar-refractivity contribution in [2.75, 3.05) is 7.11 Å². The van der Waals surface area contributed by atoms with Crippen molar-refractivity contribution in [3.63, 3.8) is 0 Å². The molecule has 0 amide bonds. The molecule has 0 aromatic carbocycles. The second kappa shape index (κ2) is 6.04. The first-order valence-electron chi connectivity index (χ1n) is 10.9. The van der Waals surface area contributed by atoms with Crippen LogP contribution in [-0.2, 0) is 9.53 Å². The Kier molecular flexibility index (Phi) is 4.40. The lowest BCUT2D eigenvalue weighted by Crippen LogP contribution is -2.55. The first-order chi connectivity index (χ1) is 12.1. The molecule has 0 aromatic rings. The largest absolute Gasteiger partial charge is 0.390 e. The molecule has 0 aliphatic heterocycles. The number of fused-ring (bicyclic) bond motifs is 5. The van der Waals surface area contributed by atoms with E-state index < -0.39 is 5.60 Å². The predicted octanol–water partition coefficient (Wildman–Crippen LogP) is 4.61. The Hall–Kier alpha value is -0.410. The van der Waals surface area contributed by atoms with Crippen LogP contribution in [0.5, 0.6) is 0 Å². The predicted molar refractivity (Wildman–Crippen MR) is 103 cm³/mol. The molecule has 4 aliphatic rings. The minimum absolute atomic E-state index is 0.0797. The first-order valence-corrected chi connectivity index (χ1v) is 10.9. The molecule has 3 nitrogen and oxygen atoms in total. The van der Waals surface area contributed by atoms with Crippen LogP contribution >= 0.6 is 0 Å². The third-order valence-electron chi connectivity index (χ3n) is 9.70. The average molecular weight is 363 g/mol. The minimum Gasteiger partial charge on any atom is -0.390 e. The summed E-state index contributed by atoms with van der Waals surface area (Å²) in [6.07, 6.45) is 9.22. The molecule has 0 aromatic heterocycles. The highest BCUT2D eigenvalue weighted by Crippen LogP contribution is 2.68. The fourth-order valence-electron chi connectivity index (χ4n) is 8.38. The summed E-state index contributed by atoms with van der Waals surface area (Å²) in [5.74, 6) is 3.20.